The van der Waals surface area contributed by atoms with E-state index in [4.69, 9.17) is 4.74 Å². The van der Waals surface area contributed by atoms with Gasteiger partial charge in [0.1, 0.15) is 0 Å². The lowest BCUT2D eigenvalue weighted by Gasteiger charge is -2.08. The number of benzene rings is 1. The highest BCUT2D eigenvalue weighted by atomic mass is 32.1. The molecule has 1 rings (SSSR count). The zero-order valence-corrected chi connectivity index (χ0v) is 11.2. The predicted molar refractivity (Wildman–Crippen MR) is 71.7 cm³/mol. The SMILES string of the molecule is CC(C)COCCNC(=O)c1cccc(S)c1. The Hall–Kier alpha value is -1.00. The molecule has 0 radical (unpaired) electrons. The molecular formula is C13H19NO2S. The maximum atomic E-state index is 11.7. The van der Waals surface area contributed by atoms with Crippen LogP contribution in [0.2, 0.25) is 0 Å². The van der Waals surface area contributed by atoms with Gasteiger partial charge >= 0.3 is 0 Å². The van der Waals surface area contributed by atoms with Crippen molar-refractivity contribution in [1.82, 2.24) is 5.32 Å². The predicted octanol–water partition coefficient (Wildman–Crippen LogP) is 2.38. The number of hydrogen-bond donors (Lipinski definition) is 2. The fourth-order valence-electron chi connectivity index (χ4n) is 1.30. The van der Waals surface area contributed by atoms with Gasteiger partial charge in [-0.2, -0.15) is 0 Å². The van der Waals surface area contributed by atoms with Gasteiger partial charge in [-0.05, 0) is 24.1 Å². The minimum atomic E-state index is -0.0888. The molecule has 0 aliphatic rings. The van der Waals surface area contributed by atoms with Crippen LogP contribution in [-0.2, 0) is 4.74 Å². The van der Waals surface area contributed by atoms with Gasteiger partial charge in [-0.15, -0.1) is 12.6 Å². The first-order valence-electron chi connectivity index (χ1n) is 5.74. The van der Waals surface area contributed by atoms with Crippen molar-refractivity contribution in [1.29, 1.82) is 0 Å². The maximum Gasteiger partial charge on any atom is 0.251 e. The molecule has 17 heavy (non-hydrogen) atoms. The molecule has 0 fully saturated rings. The van der Waals surface area contributed by atoms with Crippen molar-refractivity contribution < 1.29 is 9.53 Å². The first-order chi connectivity index (χ1) is 8.09. The van der Waals surface area contributed by atoms with Gasteiger partial charge in [-0.3, -0.25) is 4.79 Å². The van der Waals surface area contributed by atoms with Crippen molar-refractivity contribution in [2.24, 2.45) is 5.92 Å². The molecule has 0 saturated carbocycles. The van der Waals surface area contributed by atoms with Crippen LogP contribution in [0.5, 0.6) is 0 Å². The Kier molecular flexibility index (Phi) is 6.08. The quantitative estimate of drug-likeness (QED) is 0.603. The number of ether oxygens (including phenoxy) is 1. The third-order valence-corrected chi connectivity index (χ3v) is 2.37. The van der Waals surface area contributed by atoms with Gasteiger partial charge in [0.2, 0.25) is 0 Å². The maximum absolute atomic E-state index is 11.7. The second-order valence-corrected chi connectivity index (χ2v) is 4.79. The molecule has 1 N–H and O–H groups in total. The lowest BCUT2D eigenvalue weighted by molar-refractivity contribution is 0.0886. The van der Waals surface area contributed by atoms with Crippen LogP contribution in [0.25, 0.3) is 0 Å². The standard InChI is InChI=1S/C13H19NO2S/c1-10(2)9-16-7-6-14-13(15)11-4-3-5-12(17)8-11/h3-5,8,10,17H,6-7,9H2,1-2H3,(H,14,15). The summed E-state index contributed by atoms with van der Waals surface area (Å²) in [6.07, 6.45) is 0. The van der Waals surface area contributed by atoms with E-state index >= 15 is 0 Å². The first-order valence-corrected chi connectivity index (χ1v) is 6.19. The smallest absolute Gasteiger partial charge is 0.251 e. The summed E-state index contributed by atoms with van der Waals surface area (Å²) < 4.78 is 5.38. The molecule has 1 aromatic rings. The number of carbonyl (C=O) groups is 1. The Morgan fingerprint density at radius 1 is 1.47 bits per heavy atom. The highest BCUT2D eigenvalue weighted by Crippen LogP contribution is 2.08. The molecule has 0 aromatic heterocycles. The second kappa shape index (κ2) is 7.35. The van der Waals surface area contributed by atoms with Crippen molar-refractivity contribution in [2.75, 3.05) is 19.8 Å². The van der Waals surface area contributed by atoms with Crippen LogP contribution in [0, 0.1) is 5.92 Å². The average Bonchev–Trinajstić information content (AvgIpc) is 2.28. The van der Waals surface area contributed by atoms with Crippen LogP contribution in [-0.4, -0.2) is 25.7 Å². The molecule has 3 nitrogen and oxygen atoms in total. The van der Waals surface area contributed by atoms with Gasteiger partial charge < -0.3 is 10.1 Å². The number of hydrogen-bond acceptors (Lipinski definition) is 3. The van der Waals surface area contributed by atoms with E-state index in [-0.39, 0.29) is 5.91 Å². The number of thiol groups is 1. The molecule has 0 unspecified atom stereocenters. The highest BCUT2D eigenvalue weighted by Gasteiger charge is 2.04. The third kappa shape index (κ3) is 5.75. The van der Waals surface area contributed by atoms with E-state index in [1.165, 1.54) is 0 Å². The van der Waals surface area contributed by atoms with Crippen molar-refractivity contribution in [3.8, 4) is 0 Å². The normalized spacial score (nSPS) is 10.6. The summed E-state index contributed by atoms with van der Waals surface area (Å²) in [6, 6.07) is 7.16. The fourth-order valence-corrected chi connectivity index (χ4v) is 1.53. The Bertz CT molecular complexity index is 366. The summed E-state index contributed by atoms with van der Waals surface area (Å²) in [5, 5.41) is 2.80. The van der Waals surface area contributed by atoms with Crippen LogP contribution in [0.4, 0.5) is 0 Å². The van der Waals surface area contributed by atoms with E-state index in [2.05, 4.69) is 31.8 Å². The molecule has 0 heterocycles. The molecule has 0 spiro atoms. The summed E-state index contributed by atoms with van der Waals surface area (Å²) in [6.45, 7) is 5.99. The minimum Gasteiger partial charge on any atom is -0.379 e. The van der Waals surface area contributed by atoms with Crippen LogP contribution in [0.3, 0.4) is 0 Å². The molecule has 0 aliphatic heterocycles. The van der Waals surface area contributed by atoms with Crippen LogP contribution >= 0.6 is 12.6 Å². The van der Waals surface area contributed by atoms with Gasteiger partial charge in [0, 0.05) is 23.6 Å². The second-order valence-electron chi connectivity index (χ2n) is 4.27. The Labute approximate surface area is 108 Å². The van der Waals surface area contributed by atoms with Crippen molar-refractivity contribution in [3.63, 3.8) is 0 Å². The molecule has 0 saturated heterocycles. The zero-order chi connectivity index (χ0) is 12.7. The monoisotopic (exact) mass is 253 g/mol. The fraction of sp³-hybridized carbons (Fsp3) is 0.462. The Morgan fingerprint density at radius 2 is 2.24 bits per heavy atom. The third-order valence-electron chi connectivity index (χ3n) is 2.09. The van der Waals surface area contributed by atoms with Crippen molar-refractivity contribution in [3.05, 3.63) is 29.8 Å². The molecule has 4 heteroatoms. The minimum absolute atomic E-state index is 0.0888. The van der Waals surface area contributed by atoms with E-state index in [0.717, 1.165) is 11.5 Å². The van der Waals surface area contributed by atoms with Crippen LogP contribution < -0.4 is 5.32 Å². The van der Waals surface area contributed by atoms with E-state index in [9.17, 15) is 4.79 Å². The Balaban J connectivity index is 2.26. The van der Waals surface area contributed by atoms with E-state index < -0.39 is 0 Å². The number of rotatable bonds is 6. The molecular weight excluding hydrogens is 234 g/mol. The van der Waals surface area contributed by atoms with Gasteiger partial charge in [-0.25, -0.2) is 0 Å². The highest BCUT2D eigenvalue weighted by molar-refractivity contribution is 7.80. The van der Waals surface area contributed by atoms with E-state index in [1.54, 1.807) is 12.1 Å². The number of nitrogens with one attached hydrogen (secondary N) is 1. The molecule has 0 bridgehead atoms. The molecule has 1 aromatic carbocycles. The Morgan fingerprint density at radius 3 is 2.88 bits per heavy atom. The summed E-state index contributed by atoms with van der Waals surface area (Å²) in [7, 11) is 0. The van der Waals surface area contributed by atoms with Crippen LogP contribution in [0.1, 0.15) is 24.2 Å². The topological polar surface area (TPSA) is 38.3 Å². The van der Waals surface area contributed by atoms with Gasteiger partial charge in [0.05, 0.1) is 6.61 Å². The summed E-state index contributed by atoms with van der Waals surface area (Å²) in [5.41, 5.74) is 0.626. The largest absolute Gasteiger partial charge is 0.379 e. The van der Waals surface area contributed by atoms with Crippen molar-refractivity contribution >= 4 is 18.5 Å². The number of amides is 1. The lowest BCUT2D eigenvalue weighted by atomic mass is 10.2. The van der Waals surface area contributed by atoms with Gasteiger partial charge in [0.15, 0.2) is 0 Å². The van der Waals surface area contributed by atoms with E-state index in [0.29, 0.717) is 24.6 Å². The summed E-state index contributed by atoms with van der Waals surface area (Å²) >= 11 is 4.19. The summed E-state index contributed by atoms with van der Waals surface area (Å²) in [5.74, 6) is 0.431. The lowest BCUT2D eigenvalue weighted by Crippen LogP contribution is -2.27. The van der Waals surface area contributed by atoms with Gasteiger partial charge in [0.25, 0.3) is 5.91 Å². The average molecular weight is 253 g/mol. The first kappa shape index (κ1) is 14.1. The molecule has 0 aliphatic carbocycles. The summed E-state index contributed by atoms with van der Waals surface area (Å²) in [4.78, 5) is 12.5. The van der Waals surface area contributed by atoms with E-state index in [1.807, 2.05) is 12.1 Å². The van der Waals surface area contributed by atoms with Gasteiger partial charge in [-0.1, -0.05) is 19.9 Å². The zero-order valence-electron chi connectivity index (χ0n) is 10.3. The molecule has 94 valence electrons. The molecule has 1 amide bonds. The van der Waals surface area contributed by atoms with Crippen molar-refractivity contribution in [2.45, 2.75) is 18.7 Å². The number of carbonyl (C=O) groups excluding carboxylic acids is 1. The molecule has 0 atom stereocenters. The van der Waals surface area contributed by atoms with Crippen LogP contribution in [0.15, 0.2) is 29.2 Å².